The number of hydrogen-bond acceptors (Lipinski definition) is 4. The Morgan fingerprint density at radius 2 is 1.82 bits per heavy atom. The molecule has 5 heteroatoms. The first-order chi connectivity index (χ1) is 13.3. The highest BCUT2D eigenvalue weighted by Gasteiger charge is 2.19. The molecule has 0 aliphatic rings. The number of benzene rings is 2. The Bertz CT molecular complexity index is 787. The highest BCUT2D eigenvalue weighted by molar-refractivity contribution is 5.77. The minimum atomic E-state index is -0.146. The molecule has 0 aromatic heterocycles. The van der Waals surface area contributed by atoms with Crippen LogP contribution in [-0.4, -0.2) is 45.2 Å². The van der Waals surface area contributed by atoms with E-state index in [4.69, 9.17) is 9.47 Å². The van der Waals surface area contributed by atoms with Crippen LogP contribution in [0.4, 0.5) is 0 Å². The van der Waals surface area contributed by atoms with Gasteiger partial charge in [0.15, 0.2) is 6.61 Å². The van der Waals surface area contributed by atoms with E-state index in [1.807, 2.05) is 50.5 Å². The van der Waals surface area contributed by atoms with Crippen LogP contribution < -0.4 is 14.8 Å². The number of para-hydroxylation sites is 1. The molecule has 1 amide bonds. The molecule has 0 heterocycles. The third kappa shape index (κ3) is 5.73. The summed E-state index contributed by atoms with van der Waals surface area (Å²) in [7, 11) is 5.63. The number of nitrogens with one attached hydrogen (secondary N) is 1. The highest BCUT2D eigenvalue weighted by Crippen LogP contribution is 2.27. The van der Waals surface area contributed by atoms with Gasteiger partial charge in [0.2, 0.25) is 0 Å². The molecule has 28 heavy (non-hydrogen) atoms. The molecule has 1 atom stereocenters. The van der Waals surface area contributed by atoms with Crippen LogP contribution in [0.3, 0.4) is 0 Å². The minimum absolute atomic E-state index is 0.00710. The van der Waals surface area contributed by atoms with E-state index in [-0.39, 0.29) is 18.6 Å². The maximum atomic E-state index is 12.3. The standard InChI is InChI=1S/C23H32N2O3/c1-16(2)19-12-11-18(13-17(19)3)28-15-23(26)24-14-21(25(4)5)20-9-7-8-10-22(20)27-6/h7-13,16,21H,14-15H2,1-6H3,(H,24,26). The smallest absolute Gasteiger partial charge is 0.258 e. The van der Waals surface area contributed by atoms with Crippen molar-refractivity contribution in [3.63, 3.8) is 0 Å². The number of nitrogens with zero attached hydrogens (tertiary/aromatic N) is 1. The molecule has 0 fully saturated rings. The summed E-state index contributed by atoms with van der Waals surface area (Å²) in [5, 5.41) is 2.97. The summed E-state index contributed by atoms with van der Waals surface area (Å²) in [6.45, 7) is 6.86. The molecule has 0 aliphatic heterocycles. The fraction of sp³-hybridized carbons (Fsp3) is 0.435. The summed E-state index contributed by atoms with van der Waals surface area (Å²) < 4.78 is 11.1. The van der Waals surface area contributed by atoms with E-state index < -0.39 is 0 Å². The van der Waals surface area contributed by atoms with Gasteiger partial charge in [0.25, 0.3) is 5.91 Å². The van der Waals surface area contributed by atoms with Crippen molar-refractivity contribution in [3.05, 3.63) is 59.2 Å². The van der Waals surface area contributed by atoms with Crippen LogP contribution in [0.25, 0.3) is 0 Å². The molecule has 0 bridgehead atoms. The molecule has 152 valence electrons. The van der Waals surface area contributed by atoms with Crippen molar-refractivity contribution in [2.45, 2.75) is 32.7 Å². The monoisotopic (exact) mass is 384 g/mol. The number of rotatable bonds is 9. The Kier molecular flexibility index (Phi) is 7.88. The molecule has 2 aromatic rings. The van der Waals surface area contributed by atoms with Gasteiger partial charge >= 0.3 is 0 Å². The van der Waals surface area contributed by atoms with E-state index in [2.05, 4.69) is 37.1 Å². The molecule has 5 nitrogen and oxygen atoms in total. The molecule has 1 unspecified atom stereocenters. The lowest BCUT2D eigenvalue weighted by molar-refractivity contribution is -0.123. The molecule has 0 spiro atoms. The Labute approximate surface area is 168 Å². The molecular formula is C23H32N2O3. The predicted octanol–water partition coefficient (Wildman–Crippen LogP) is 3.92. The number of amides is 1. The third-order valence-corrected chi connectivity index (χ3v) is 4.85. The topological polar surface area (TPSA) is 50.8 Å². The summed E-state index contributed by atoms with van der Waals surface area (Å²) in [4.78, 5) is 14.4. The third-order valence-electron chi connectivity index (χ3n) is 4.85. The van der Waals surface area contributed by atoms with Gasteiger partial charge in [-0.05, 0) is 56.3 Å². The molecule has 2 rings (SSSR count). The predicted molar refractivity (Wildman–Crippen MR) is 113 cm³/mol. The van der Waals surface area contributed by atoms with Crippen molar-refractivity contribution >= 4 is 5.91 Å². The van der Waals surface area contributed by atoms with E-state index in [0.717, 1.165) is 11.3 Å². The highest BCUT2D eigenvalue weighted by atomic mass is 16.5. The lowest BCUT2D eigenvalue weighted by atomic mass is 9.98. The van der Waals surface area contributed by atoms with Crippen LogP contribution in [-0.2, 0) is 4.79 Å². The number of aryl methyl sites for hydroxylation is 1. The molecular weight excluding hydrogens is 352 g/mol. The van der Waals surface area contributed by atoms with Gasteiger partial charge in [0.1, 0.15) is 11.5 Å². The maximum Gasteiger partial charge on any atom is 0.258 e. The lowest BCUT2D eigenvalue weighted by Crippen LogP contribution is -2.37. The molecule has 0 aliphatic carbocycles. The van der Waals surface area contributed by atoms with E-state index in [1.165, 1.54) is 11.1 Å². The fourth-order valence-electron chi connectivity index (χ4n) is 3.31. The number of ether oxygens (including phenoxy) is 2. The zero-order valence-electron chi connectivity index (χ0n) is 17.8. The van der Waals surface area contributed by atoms with Crippen LogP contribution in [0, 0.1) is 6.92 Å². The van der Waals surface area contributed by atoms with E-state index in [0.29, 0.717) is 18.2 Å². The Balaban J connectivity index is 1.94. The van der Waals surface area contributed by atoms with Gasteiger partial charge in [-0.2, -0.15) is 0 Å². The first kappa shape index (κ1) is 21.8. The number of methoxy groups -OCH3 is 1. The van der Waals surface area contributed by atoms with Gasteiger partial charge in [-0.1, -0.05) is 38.1 Å². The number of hydrogen-bond donors (Lipinski definition) is 1. The van der Waals surface area contributed by atoms with E-state index in [1.54, 1.807) is 7.11 Å². The Hall–Kier alpha value is -2.53. The van der Waals surface area contributed by atoms with Gasteiger partial charge in [0.05, 0.1) is 13.2 Å². The quantitative estimate of drug-likeness (QED) is 0.712. The largest absolute Gasteiger partial charge is 0.496 e. The number of likely N-dealkylation sites (N-methyl/N-ethyl adjacent to an activating group) is 1. The lowest BCUT2D eigenvalue weighted by Gasteiger charge is -2.26. The van der Waals surface area contributed by atoms with Gasteiger partial charge in [-0.25, -0.2) is 0 Å². The van der Waals surface area contributed by atoms with Crippen LogP contribution in [0.5, 0.6) is 11.5 Å². The Morgan fingerprint density at radius 3 is 2.43 bits per heavy atom. The molecule has 0 saturated carbocycles. The second-order valence-electron chi connectivity index (χ2n) is 7.49. The first-order valence-corrected chi connectivity index (χ1v) is 9.62. The van der Waals surface area contributed by atoms with Crippen molar-refractivity contribution < 1.29 is 14.3 Å². The van der Waals surface area contributed by atoms with Crippen LogP contribution in [0.1, 0.15) is 42.5 Å². The second kappa shape index (κ2) is 10.1. The summed E-state index contributed by atoms with van der Waals surface area (Å²) in [6.07, 6.45) is 0. The van der Waals surface area contributed by atoms with Crippen molar-refractivity contribution in [1.82, 2.24) is 10.2 Å². The van der Waals surface area contributed by atoms with Gasteiger partial charge < -0.3 is 19.7 Å². The van der Waals surface area contributed by atoms with Crippen molar-refractivity contribution in [3.8, 4) is 11.5 Å². The van der Waals surface area contributed by atoms with E-state index >= 15 is 0 Å². The SMILES string of the molecule is COc1ccccc1C(CNC(=O)COc1ccc(C(C)C)c(C)c1)N(C)C. The minimum Gasteiger partial charge on any atom is -0.496 e. The van der Waals surface area contributed by atoms with Gasteiger partial charge in [0, 0.05) is 12.1 Å². The van der Waals surface area contributed by atoms with Crippen molar-refractivity contribution in [1.29, 1.82) is 0 Å². The number of carbonyl (C=O) groups is 1. The zero-order chi connectivity index (χ0) is 20.7. The second-order valence-corrected chi connectivity index (χ2v) is 7.49. The zero-order valence-corrected chi connectivity index (χ0v) is 17.8. The summed E-state index contributed by atoms with van der Waals surface area (Å²) in [5.41, 5.74) is 3.51. The fourth-order valence-corrected chi connectivity index (χ4v) is 3.31. The van der Waals surface area contributed by atoms with Crippen molar-refractivity contribution in [2.75, 3.05) is 34.4 Å². The van der Waals surface area contributed by atoms with Crippen LogP contribution >= 0.6 is 0 Å². The average Bonchev–Trinajstić information content (AvgIpc) is 2.66. The van der Waals surface area contributed by atoms with Crippen molar-refractivity contribution in [2.24, 2.45) is 0 Å². The van der Waals surface area contributed by atoms with Crippen LogP contribution in [0.2, 0.25) is 0 Å². The molecule has 0 radical (unpaired) electrons. The molecule has 0 saturated heterocycles. The summed E-state index contributed by atoms with van der Waals surface area (Å²) >= 11 is 0. The number of carbonyl (C=O) groups excluding carboxylic acids is 1. The van der Waals surface area contributed by atoms with E-state index in [9.17, 15) is 4.79 Å². The normalized spacial score (nSPS) is 12.1. The maximum absolute atomic E-state index is 12.3. The molecule has 2 aromatic carbocycles. The Morgan fingerprint density at radius 1 is 1.11 bits per heavy atom. The summed E-state index contributed by atoms with van der Waals surface area (Å²) in [6, 6.07) is 13.8. The summed E-state index contributed by atoms with van der Waals surface area (Å²) in [5.74, 6) is 1.85. The van der Waals surface area contributed by atoms with Gasteiger partial charge in [-0.15, -0.1) is 0 Å². The van der Waals surface area contributed by atoms with Gasteiger partial charge in [-0.3, -0.25) is 4.79 Å². The first-order valence-electron chi connectivity index (χ1n) is 9.62. The molecule has 1 N–H and O–H groups in total. The average molecular weight is 385 g/mol. The van der Waals surface area contributed by atoms with Crippen LogP contribution in [0.15, 0.2) is 42.5 Å².